The molecule has 0 atom stereocenters. The number of hydrogen-bond acceptors (Lipinski definition) is 5. The van der Waals surface area contributed by atoms with Gasteiger partial charge in [0.25, 0.3) is 0 Å². The lowest BCUT2D eigenvalue weighted by molar-refractivity contribution is 0.413. The van der Waals surface area contributed by atoms with Crippen LogP contribution in [0.5, 0.6) is 0 Å². The van der Waals surface area contributed by atoms with E-state index >= 15 is 0 Å². The fourth-order valence-corrected chi connectivity index (χ4v) is 5.08. The van der Waals surface area contributed by atoms with Crippen molar-refractivity contribution in [2.75, 3.05) is 0 Å². The van der Waals surface area contributed by atoms with Crippen LogP contribution in [-0.4, -0.2) is 31.0 Å². The molecule has 0 radical (unpaired) electrons. The van der Waals surface area contributed by atoms with Crippen LogP contribution >= 0.6 is 11.5 Å². The Morgan fingerprint density at radius 3 is 2.56 bits per heavy atom. The lowest BCUT2D eigenvalue weighted by Crippen LogP contribution is -2.22. The molecule has 0 fully saturated rings. The Morgan fingerprint density at radius 1 is 1.03 bits per heavy atom. The van der Waals surface area contributed by atoms with E-state index < -0.39 is 0 Å². The van der Waals surface area contributed by atoms with Crippen LogP contribution < -0.4 is 0 Å². The second-order valence-corrected chi connectivity index (χ2v) is 10.3. The van der Waals surface area contributed by atoms with Crippen molar-refractivity contribution in [2.24, 2.45) is 4.99 Å². The molecule has 4 aromatic rings. The van der Waals surface area contributed by atoms with Crippen LogP contribution in [0.3, 0.4) is 0 Å². The van der Waals surface area contributed by atoms with Crippen molar-refractivity contribution in [2.45, 2.75) is 52.5 Å². The molecule has 2 aromatic carbocycles. The van der Waals surface area contributed by atoms with Crippen LogP contribution in [0.2, 0.25) is 0 Å². The van der Waals surface area contributed by atoms with E-state index in [1.807, 2.05) is 19.2 Å². The number of aromatic nitrogens is 4. The maximum atomic E-state index is 7.95. The standard InChI is InChI=1S/C27H28N6S/c1-17-30-26(34-32-17)21-11-7-6-10-20(21)25-31-22-15-18(13-14-23(22)33(25)27(2,3)4)19-9-5-8-12-24(28)29-16-19/h6-7,9-11,13-16,28H,5,8,12H2,1-4H3/b19-9+,28-24?,29-16?. The number of nitrogens with zero attached hydrogens (tertiary/aromatic N) is 5. The Labute approximate surface area is 203 Å². The first-order chi connectivity index (χ1) is 16.3. The predicted molar refractivity (Wildman–Crippen MR) is 142 cm³/mol. The van der Waals surface area contributed by atoms with Gasteiger partial charge in [-0.05, 0) is 75.3 Å². The average Bonchev–Trinajstić information content (AvgIpc) is 3.39. The van der Waals surface area contributed by atoms with Gasteiger partial charge in [-0.3, -0.25) is 5.41 Å². The third-order valence-corrected chi connectivity index (χ3v) is 6.77. The lowest BCUT2D eigenvalue weighted by atomic mass is 10.0. The number of hydrogen-bond donors (Lipinski definition) is 1. The molecule has 0 saturated carbocycles. The van der Waals surface area contributed by atoms with Gasteiger partial charge in [0, 0.05) is 29.3 Å². The van der Waals surface area contributed by atoms with Crippen LogP contribution in [0.25, 0.3) is 38.6 Å². The molecule has 1 aliphatic heterocycles. The topological polar surface area (TPSA) is 79.8 Å². The first kappa shape index (κ1) is 22.3. The zero-order valence-corrected chi connectivity index (χ0v) is 20.8. The molecule has 0 amide bonds. The quantitative estimate of drug-likeness (QED) is 0.355. The van der Waals surface area contributed by atoms with E-state index in [0.29, 0.717) is 5.84 Å². The van der Waals surface area contributed by atoms with Crippen molar-refractivity contribution in [3.05, 3.63) is 59.9 Å². The lowest BCUT2D eigenvalue weighted by Gasteiger charge is -2.25. The van der Waals surface area contributed by atoms with Gasteiger partial charge in [0.2, 0.25) is 0 Å². The first-order valence-corrected chi connectivity index (χ1v) is 12.3. The summed E-state index contributed by atoms with van der Waals surface area (Å²) in [5, 5.41) is 8.85. The van der Waals surface area contributed by atoms with E-state index in [0.717, 1.165) is 69.2 Å². The molecule has 1 aliphatic rings. The summed E-state index contributed by atoms with van der Waals surface area (Å²) >= 11 is 1.42. The predicted octanol–water partition coefficient (Wildman–Crippen LogP) is 6.90. The Morgan fingerprint density at radius 2 is 1.82 bits per heavy atom. The number of nitrogens with one attached hydrogen (secondary N) is 1. The summed E-state index contributed by atoms with van der Waals surface area (Å²) in [6.45, 7) is 8.54. The molecule has 0 spiro atoms. The highest BCUT2D eigenvalue weighted by atomic mass is 32.1. The Hall–Kier alpha value is -3.45. The van der Waals surface area contributed by atoms with E-state index in [4.69, 9.17) is 10.4 Å². The summed E-state index contributed by atoms with van der Waals surface area (Å²) < 4.78 is 6.71. The molecule has 5 rings (SSSR count). The Balaban J connectivity index is 1.70. The minimum Gasteiger partial charge on any atom is -0.319 e. The normalized spacial score (nSPS) is 16.4. The van der Waals surface area contributed by atoms with Gasteiger partial charge in [-0.1, -0.05) is 36.4 Å². The molecule has 172 valence electrons. The van der Waals surface area contributed by atoms with Crippen LogP contribution in [0.4, 0.5) is 0 Å². The van der Waals surface area contributed by atoms with Crippen molar-refractivity contribution in [1.82, 2.24) is 18.9 Å². The van der Waals surface area contributed by atoms with Gasteiger partial charge in [0.15, 0.2) is 0 Å². The van der Waals surface area contributed by atoms with Gasteiger partial charge in [0.1, 0.15) is 22.5 Å². The van der Waals surface area contributed by atoms with Crippen molar-refractivity contribution < 1.29 is 0 Å². The number of aliphatic imine (C=N–C) groups is 1. The average molecular weight is 469 g/mol. The fraction of sp³-hybridized carbons (Fsp3) is 0.296. The van der Waals surface area contributed by atoms with Crippen LogP contribution in [0.15, 0.2) is 53.5 Å². The molecule has 0 saturated heterocycles. The van der Waals surface area contributed by atoms with Gasteiger partial charge in [0.05, 0.1) is 11.0 Å². The van der Waals surface area contributed by atoms with Gasteiger partial charge in [-0.25, -0.2) is 15.0 Å². The molecular weight excluding hydrogens is 440 g/mol. The zero-order chi connectivity index (χ0) is 23.9. The molecular formula is C27H28N6S. The van der Waals surface area contributed by atoms with Crippen molar-refractivity contribution in [1.29, 1.82) is 5.41 Å². The molecule has 0 unspecified atom stereocenters. The highest BCUT2D eigenvalue weighted by molar-refractivity contribution is 7.09. The fourth-order valence-electron chi connectivity index (χ4n) is 4.37. The molecule has 34 heavy (non-hydrogen) atoms. The third-order valence-electron chi connectivity index (χ3n) is 5.93. The van der Waals surface area contributed by atoms with Crippen LogP contribution in [0.1, 0.15) is 51.4 Å². The summed E-state index contributed by atoms with van der Waals surface area (Å²) in [6, 6.07) is 14.7. The molecule has 0 bridgehead atoms. The molecule has 6 nitrogen and oxygen atoms in total. The summed E-state index contributed by atoms with van der Waals surface area (Å²) in [6.07, 6.45) is 6.65. The highest BCUT2D eigenvalue weighted by Gasteiger charge is 2.25. The van der Waals surface area contributed by atoms with Gasteiger partial charge in [-0.15, -0.1) is 0 Å². The van der Waals surface area contributed by atoms with Gasteiger partial charge in [-0.2, -0.15) is 4.37 Å². The maximum absolute atomic E-state index is 7.95. The van der Waals surface area contributed by atoms with E-state index in [1.54, 1.807) is 0 Å². The number of benzene rings is 2. The molecule has 0 aliphatic carbocycles. The van der Waals surface area contributed by atoms with E-state index in [1.165, 1.54) is 11.5 Å². The smallest absolute Gasteiger partial charge is 0.144 e. The minimum absolute atomic E-state index is 0.175. The van der Waals surface area contributed by atoms with Crippen LogP contribution in [0, 0.1) is 12.3 Å². The molecule has 7 heteroatoms. The summed E-state index contributed by atoms with van der Waals surface area (Å²) in [7, 11) is 0. The summed E-state index contributed by atoms with van der Waals surface area (Å²) in [4.78, 5) is 14.1. The molecule has 1 N–H and O–H groups in total. The largest absolute Gasteiger partial charge is 0.319 e. The Bertz CT molecular complexity index is 1450. The van der Waals surface area contributed by atoms with E-state index in [-0.39, 0.29) is 5.54 Å². The molecule has 2 aromatic heterocycles. The number of imidazole rings is 1. The first-order valence-electron chi connectivity index (χ1n) is 11.6. The van der Waals surface area contributed by atoms with E-state index in [9.17, 15) is 0 Å². The minimum atomic E-state index is -0.175. The summed E-state index contributed by atoms with van der Waals surface area (Å²) in [5.74, 6) is 2.14. The van der Waals surface area contributed by atoms with E-state index in [2.05, 4.69) is 82.2 Å². The molecule has 3 heterocycles. The number of fused-ring (bicyclic) bond motifs is 1. The number of amidine groups is 1. The highest BCUT2D eigenvalue weighted by Crippen LogP contribution is 2.37. The Kier molecular flexibility index (Phi) is 5.73. The van der Waals surface area contributed by atoms with Gasteiger partial charge < -0.3 is 4.57 Å². The zero-order valence-electron chi connectivity index (χ0n) is 20.0. The number of allylic oxidation sites excluding steroid dienone is 2. The second-order valence-electron chi connectivity index (χ2n) is 9.59. The number of aryl methyl sites for hydroxylation is 1. The monoisotopic (exact) mass is 468 g/mol. The SMILES string of the molecule is Cc1nsc(-c2ccccc2-c2nc3cc(/C4=C/CCCC(=N)N=C4)ccc3n2C(C)(C)C)n1. The van der Waals surface area contributed by atoms with Gasteiger partial charge >= 0.3 is 0 Å². The van der Waals surface area contributed by atoms with Crippen molar-refractivity contribution in [3.8, 4) is 22.0 Å². The number of rotatable bonds is 3. The van der Waals surface area contributed by atoms with Crippen molar-refractivity contribution in [3.63, 3.8) is 0 Å². The third kappa shape index (κ3) is 4.23. The van der Waals surface area contributed by atoms with Crippen LogP contribution in [-0.2, 0) is 5.54 Å². The second kappa shape index (κ2) is 8.72. The summed E-state index contributed by atoms with van der Waals surface area (Å²) in [5.41, 5.74) is 6.06. The maximum Gasteiger partial charge on any atom is 0.144 e. The van der Waals surface area contributed by atoms with Crippen molar-refractivity contribution >= 4 is 40.2 Å².